The van der Waals surface area contributed by atoms with Crippen molar-refractivity contribution in [3.8, 4) is 0 Å². The van der Waals surface area contributed by atoms with Crippen LogP contribution in [0.15, 0.2) is 48.5 Å². The zero-order chi connectivity index (χ0) is 15.7. The minimum atomic E-state index is -0.481. The SMILES string of the molecule is NC(=O)Cn1c(N)[n+](Cc2ccccc2F)c2ccccc21. The summed E-state index contributed by atoms with van der Waals surface area (Å²) in [5, 5.41) is 0. The number of hydrogen-bond acceptors (Lipinski definition) is 2. The largest absolute Gasteiger partial charge is 0.367 e. The molecule has 112 valence electrons. The van der Waals surface area contributed by atoms with E-state index >= 15 is 0 Å². The molecule has 0 atom stereocenters. The van der Waals surface area contributed by atoms with E-state index in [1.165, 1.54) is 6.07 Å². The van der Waals surface area contributed by atoms with Crippen molar-refractivity contribution in [2.45, 2.75) is 13.1 Å². The normalized spacial score (nSPS) is 11.0. The number of imidazole rings is 1. The Kier molecular flexibility index (Phi) is 3.50. The third-order valence-electron chi connectivity index (χ3n) is 3.62. The first-order valence-corrected chi connectivity index (χ1v) is 6.86. The first-order chi connectivity index (χ1) is 10.6. The number of amides is 1. The van der Waals surface area contributed by atoms with Gasteiger partial charge < -0.3 is 5.73 Å². The van der Waals surface area contributed by atoms with E-state index in [9.17, 15) is 9.18 Å². The van der Waals surface area contributed by atoms with E-state index in [0.29, 0.717) is 11.5 Å². The highest BCUT2D eigenvalue weighted by Crippen LogP contribution is 2.17. The average Bonchev–Trinajstić information content (AvgIpc) is 2.75. The summed E-state index contributed by atoms with van der Waals surface area (Å²) in [6, 6.07) is 14.0. The van der Waals surface area contributed by atoms with Gasteiger partial charge >= 0.3 is 5.95 Å². The Hall–Kier alpha value is -2.89. The van der Waals surface area contributed by atoms with Crippen LogP contribution in [0.5, 0.6) is 0 Å². The van der Waals surface area contributed by atoms with Gasteiger partial charge in [0.15, 0.2) is 6.54 Å². The second-order valence-corrected chi connectivity index (χ2v) is 5.08. The molecule has 4 N–H and O–H groups in total. The molecular formula is C16H16FN4O+. The standard InChI is InChI=1S/C16H15FN4O/c17-12-6-2-1-5-11(12)9-20-13-7-3-4-8-14(13)21(16(20)19)10-15(18)22/h1-8,19H,9-10H2,(H2,18,22)/p+1. The molecular weight excluding hydrogens is 283 g/mol. The van der Waals surface area contributed by atoms with Crippen molar-refractivity contribution in [1.82, 2.24) is 4.57 Å². The number of nitrogen functional groups attached to an aromatic ring is 1. The van der Waals surface area contributed by atoms with E-state index in [-0.39, 0.29) is 18.9 Å². The van der Waals surface area contributed by atoms with Gasteiger partial charge in [-0.1, -0.05) is 30.3 Å². The van der Waals surface area contributed by atoms with Gasteiger partial charge in [-0.3, -0.25) is 10.5 Å². The quantitative estimate of drug-likeness (QED) is 0.710. The van der Waals surface area contributed by atoms with Gasteiger partial charge in [0.2, 0.25) is 0 Å². The van der Waals surface area contributed by atoms with Crippen LogP contribution >= 0.6 is 0 Å². The van der Waals surface area contributed by atoms with Gasteiger partial charge in [0, 0.05) is 5.56 Å². The van der Waals surface area contributed by atoms with Crippen LogP contribution in [0.1, 0.15) is 5.56 Å². The molecule has 1 amide bonds. The maximum Gasteiger partial charge on any atom is 0.356 e. The summed E-state index contributed by atoms with van der Waals surface area (Å²) in [5.41, 5.74) is 13.6. The van der Waals surface area contributed by atoms with Crippen molar-refractivity contribution in [2.24, 2.45) is 5.73 Å². The van der Waals surface area contributed by atoms with Gasteiger partial charge in [0.25, 0.3) is 5.91 Å². The molecule has 22 heavy (non-hydrogen) atoms. The first kappa shape index (κ1) is 14.1. The fourth-order valence-electron chi connectivity index (χ4n) is 2.60. The van der Waals surface area contributed by atoms with Gasteiger partial charge in [-0.15, -0.1) is 0 Å². The molecule has 0 aliphatic rings. The van der Waals surface area contributed by atoms with Gasteiger partial charge in [0.05, 0.1) is 0 Å². The molecule has 0 saturated heterocycles. The number of para-hydroxylation sites is 2. The number of carbonyl (C=O) groups excluding carboxylic acids is 1. The average molecular weight is 299 g/mol. The van der Waals surface area contributed by atoms with Crippen LogP contribution in [0, 0.1) is 5.82 Å². The number of anilines is 1. The Bertz CT molecular complexity index is 856. The molecule has 0 spiro atoms. The molecule has 0 aliphatic carbocycles. The second kappa shape index (κ2) is 5.48. The Morgan fingerprint density at radius 1 is 1.14 bits per heavy atom. The fraction of sp³-hybridized carbons (Fsp3) is 0.125. The highest BCUT2D eigenvalue weighted by molar-refractivity contribution is 5.79. The number of nitrogens with two attached hydrogens (primary N) is 2. The van der Waals surface area contributed by atoms with Gasteiger partial charge in [-0.25, -0.2) is 13.5 Å². The number of carbonyl (C=O) groups is 1. The number of benzene rings is 2. The molecule has 1 heterocycles. The number of rotatable bonds is 4. The summed E-state index contributed by atoms with van der Waals surface area (Å²) in [5.74, 6) is -0.408. The molecule has 0 saturated carbocycles. The van der Waals surface area contributed by atoms with Crippen LogP contribution in [0.3, 0.4) is 0 Å². The predicted molar refractivity (Wildman–Crippen MR) is 81.2 cm³/mol. The Balaban J connectivity index is 2.15. The van der Waals surface area contributed by atoms with Crippen molar-refractivity contribution < 1.29 is 13.8 Å². The van der Waals surface area contributed by atoms with Crippen LogP contribution in [-0.4, -0.2) is 10.5 Å². The first-order valence-electron chi connectivity index (χ1n) is 6.86. The van der Waals surface area contributed by atoms with Gasteiger partial charge in [0.1, 0.15) is 23.4 Å². The van der Waals surface area contributed by atoms with Crippen molar-refractivity contribution in [2.75, 3.05) is 5.73 Å². The van der Waals surface area contributed by atoms with E-state index in [4.69, 9.17) is 11.5 Å². The molecule has 6 heteroatoms. The zero-order valence-electron chi connectivity index (χ0n) is 11.9. The lowest BCUT2D eigenvalue weighted by Crippen LogP contribution is -2.38. The Labute approximate surface area is 126 Å². The van der Waals surface area contributed by atoms with Crippen molar-refractivity contribution in [3.05, 3.63) is 59.9 Å². The molecule has 3 rings (SSSR count). The summed E-state index contributed by atoms with van der Waals surface area (Å²) in [6.07, 6.45) is 0. The molecule has 0 fully saturated rings. The second-order valence-electron chi connectivity index (χ2n) is 5.08. The van der Waals surface area contributed by atoms with Crippen LogP contribution in [0.4, 0.5) is 10.3 Å². The molecule has 2 aromatic carbocycles. The van der Waals surface area contributed by atoms with Crippen LogP contribution < -0.4 is 16.0 Å². The highest BCUT2D eigenvalue weighted by Gasteiger charge is 2.22. The summed E-state index contributed by atoms with van der Waals surface area (Å²) < 4.78 is 17.3. The summed E-state index contributed by atoms with van der Waals surface area (Å²) in [7, 11) is 0. The summed E-state index contributed by atoms with van der Waals surface area (Å²) in [4.78, 5) is 11.3. The number of nitrogens with zero attached hydrogens (tertiary/aromatic N) is 2. The third kappa shape index (κ3) is 2.39. The Morgan fingerprint density at radius 3 is 2.55 bits per heavy atom. The van der Waals surface area contributed by atoms with E-state index in [0.717, 1.165) is 11.0 Å². The van der Waals surface area contributed by atoms with E-state index in [1.54, 1.807) is 27.3 Å². The lowest BCUT2D eigenvalue weighted by Gasteiger charge is -2.03. The summed E-state index contributed by atoms with van der Waals surface area (Å²) in [6.45, 7) is 0.265. The van der Waals surface area contributed by atoms with Crippen molar-refractivity contribution in [1.29, 1.82) is 0 Å². The number of hydrogen-bond donors (Lipinski definition) is 2. The van der Waals surface area contributed by atoms with E-state index in [2.05, 4.69) is 0 Å². The number of primary amides is 1. The number of fused-ring (bicyclic) bond motifs is 1. The smallest absolute Gasteiger partial charge is 0.356 e. The lowest BCUT2D eigenvalue weighted by molar-refractivity contribution is -0.648. The van der Waals surface area contributed by atoms with Crippen LogP contribution in [0.25, 0.3) is 11.0 Å². The third-order valence-corrected chi connectivity index (χ3v) is 3.62. The fourth-order valence-corrected chi connectivity index (χ4v) is 2.60. The topological polar surface area (TPSA) is 77.9 Å². The van der Waals surface area contributed by atoms with Crippen molar-refractivity contribution in [3.63, 3.8) is 0 Å². The summed E-state index contributed by atoms with van der Waals surface area (Å²) >= 11 is 0. The Morgan fingerprint density at radius 2 is 1.82 bits per heavy atom. The maximum absolute atomic E-state index is 13.9. The molecule has 0 bridgehead atoms. The molecule has 5 nitrogen and oxygen atoms in total. The van der Waals surface area contributed by atoms with Crippen LogP contribution in [-0.2, 0) is 17.9 Å². The van der Waals surface area contributed by atoms with E-state index in [1.807, 2.05) is 24.3 Å². The van der Waals surface area contributed by atoms with Crippen LogP contribution in [0.2, 0.25) is 0 Å². The van der Waals surface area contributed by atoms with Gasteiger partial charge in [-0.05, 0) is 18.2 Å². The molecule has 1 aromatic heterocycles. The van der Waals surface area contributed by atoms with Crippen molar-refractivity contribution >= 4 is 22.9 Å². The molecule has 0 unspecified atom stereocenters. The maximum atomic E-state index is 13.9. The predicted octanol–water partition coefficient (Wildman–Crippen LogP) is 1.18. The monoisotopic (exact) mass is 299 g/mol. The van der Waals surface area contributed by atoms with E-state index < -0.39 is 5.91 Å². The minimum absolute atomic E-state index is 0.0172. The van der Waals surface area contributed by atoms with Gasteiger partial charge in [-0.2, -0.15) is 0 Å². The number of halogens is 1. The number of aromatic nitrogens is 2. The lowest BCUT2D eigenvalue weighted by atomic mass is 10.2. The molecule has 0 aliphatic heterocycles. The minimum Gasteiger partial charge on any atom is -0.367 e. The highest BCUT2D eigenvalue weighted by atomic mass is 19.1. The molecule has 3 aromatic rings. The zero-order valence-corrected chi connectivity index (χ0v) is 11.9. The molecule has 0 radical (unpaired) electrons.